The van der Waals surface area contributed by atoms with Crippen LogP contribution in [0.5, 0.6) is 0 Å². The Morgan fingerprint density at radius 3 is 2.35 bits per heavy atom. The molecule has 2 aromatic carbocycles. The summed E-state index contributed by atoms with van der Waals surface area (Å²) >= 11 is 0. The van der Waals surface area contributed by atoms with Crippen molar-refractivity contribution in [2.45, 2.75) is 95.4 Å². The second kappa shape index (κ2) is 18.3. The summed E-state index contributed by atoms with van der Waals surface area (Å²) in [6.07, 6.45) is -0.453. The van der Waals surface area contributed by atoms with Crippen LogP contribution in [-0.2, 0) is 37.1 Å². The van der Waals surface area contributed by atoms with Gasteiger partial charge >= 0.3 is 6.09 Å². The molecule has 1 aliphatic heterocycles. The number of nitrogens with one attached hydrogen (secondary N) is 3. The van der Waals surface area contributed by atoms with Gasteiger partial charge in [0.15, 0.2) is 9.84 Å². The van der Waals surface area contributed by atoms with Crippen molar-refractivity contribution >= 4 is 21.8 Å². The number of carbonyl (C=O) groups excluding carboxylic acids is 2. The van der Waals surface area contributed by atoms with Gasteiger partial charge in [0.2, 0.25) is 5.91 Å². The molecule has 10 nitrogen and oxygen atoms in total. The van der Waals surface area contributed by atoms with Crippen molar-refractivity contribution in [1.29, 1.82) is 0 Å². The Morgan fingerprint density at radius 2 is 1.74 bits per heavy atom. The first kappa shape index (κ1) is 37.3. The minimum absolute atomic E-state index is 0.00806. The molecule has 2 aromatic rings. The van der Waals surface area contributed by atoms with Crippen LogP contribution in [0, 0.1) is 18.6 Å². The summed E-state index contributed by atoms with van der Waals surface area (Å²) in [5, 5.41) is 18.7. The van der Waals surface area contributed by atoms with Gasteiger partial charge in [-0.1, -0.05) is 56.5 Å². The molecule has 4 atom stereocenters. The van der Waals surface area contributed by atoms with E-state index in [4.69, 9.17) is 9.47 Å². The van der Waals surface area contributed by atoms with Crippen molar-refractivity contribution in [3.8, 4) is 0 Å². The Balaban J connectivity index is 1.83. The topological polar surface area (TPSA) is 143 Å². The van der Waals surface area contributed by atoms with E-state index in [1.165, 1.54) is 0 Å². The summed E-state index contributed by atoms with van der Waals surface area (Å²) in [7, 11) is -3.87. The van der Waals surface area contributed by atoms with E-state index in [1.54, 1.807) is 0 Å². The largest absolute Gasteiger partial charge is 0.444 e. The molecule has 1 aliphatic rings. The fourth-order valence-electron chi connectivity index (χ4n) is 5.51. The lowest BCUT2D eigenvalue weighted by molar-refractivity contribution is -0.124. The highest BCUT2D eigenvalue weighted by molar-refractivity contribution is 7.92. The first-order valence-corrected chi connectivity index (χ1v) is 17.6. The Bertz CT molecular complexity index is 1360. The zero-order valence-electron chi connectivity index (χ0n) is 26.8. The molecule has 2 amide bonds. The maximum absolute atomic E-state index is 14.1. The number of carbonyl (C=O) groups is 2. The van der Waals surface area contributed by atoms with Crippen molar-refractivity contribution < 1.29 is 41.4 Å². The Kier molecular flexibility index (Phi) is 14.8. The Morgan fingerprint density at radius 1 is 1.04 bits per heavy atom. The molecule has 4 N–H and O–H groups in total. The number of alkyl carbamates (subject to hydrolysis) is 1. The Labute approximate surface area is 270 Å². The number of benzene rings is 2. The summed E-state index contributed by atoms with van der Waals surface area (Å²) in [6, 6.07) is 7.99. The minimum atomic E-state index is -3.87. The third-order valence-electron chi connectivity index (χ3n) is 7.83. The van der Waals surface area contributed by atoms with Crippen molar-refractivity contribution in [3.05, 3.63) is 70.8 Å². The molecule has 0 unspecified atom stereocenters. The van der Waals surface area contributed by atoms with Crippen LogP contribution in [0.15, 0.2) is 42.5 Å². The number of ether oxygens (including phenoxy) is 2. The number of aryl methyl sites for hydroxylation is 1. The highest BCUT2D eigenvalue weighted by Gasteiger charge is 2.35. The first-order chi connectivity index (χ1) is 21.9. The zero-order chi connectivity index (χ0) is 33.7. The van der Waals surface area contributed by atoms with E-state index < -0.39 is 68.8 Å². The minimum Gasteiger partial charge on any atom is -0.444 e. The van der Waals surface area contributed by atoms with Crippen LogP contribution in [0.2, 0.25) is 0 Å². The van der Waals surface area contributed by atoms with E-state index in [2.05, 4.69) is 16.0 Å². The lowest BCUT2D eigenvalue weighted by Crippen LogP contribution is -2.57. The molecular formula is C33H47F2N3O7S. The highest BCUT2D eigenvalue weighted by atomic mass is 32.2. The predicted molar refractivity (Wildman–Crippen MR) is 171 cm³/mol. The molecule has 3 rings (SSSR count). The fraction of sp³-hybridized carbons (Fsp3) is 0.576. The molecular weight excluding hydrogens is 620 g/mol. The van der Waals surface area contributed by atoms with Crippen LogP contribution in [0.1, 0.15) is 62.6 Å². The molecule has 0 radical (unpaired) electrons. The summed E-state index contributed by atoms with van der Waals surface area (Å²) in [5.41, 5.74) is 2.20. The molecule has 1 saturated heterocycles. The molecule has 13 heteroatoms. The first-order valence-electron chi connectivity index (χ1n) is 15.9. The third kappa shape index (κ3) is 12.2. The average molecular weight is 668 g/mol. The van der Waals surface area contributed by atoms with E-state index in [-0.39, 0.29) is 25.1 Å². The number of hydrogen-bond donors (Lipinski definition) is 4. The lowest BCUT2D eigenvalue weighted by Gasteiger charge is -2.28. The van der Waals surface area contributed by atoms with E-state index in [9.17, 15) is 31.9 Å². The van der Waals surface area contributed by atoms with Gasteiger partial charge in [0, 0.05) is 25.6 Å². The zero-order valence-corrected chi connectivity index (χ0v) is 27.6. The molecule has 256 valence electrons. The van der Waals surface area contributed by atoms with E-state index >= 15 is 0 Å². The van der Waals surface area contributed by atoms with Crippen molar-refractivity contribution in [2.24, 2.45) is 0 Å². The maximum atomic E-state index is 14.1. The van der Waals surface area contributed by atoms with Crippen molar-refractivity contribution in [2.75, 3.05) is 25.5 Å². The predicted octanol–water partition coefficient (Wildman–Crippen LogP) is 3.72. The monoisotopic (exact) mass is 667 g/mol. The molecule has 0 bridgehead atoms. The fourth-order valence-corrected chi connectivity index (χ4v) is 7.67. The SMILES string of the molecule is CCCC(CCC)S(=O)(=O)C[C@H](NC(=O)O[C@@H]1CCOC1)C(=O)N[C@@H](Cc1cc(F)cc(F)c1)[C@H](O)CNCc1cccc(C)c1. The smallest absolute Gasteiger partial charge is 0.408 e. The number of amides is 2. The molecule has 0 aliphatic carbocycles. The lowest BCUT2D eigenvalue weighted by atomic mass is 10.00. The maximum Gasteiger partial charge on any atom is 0.408 e. The molecule has 1 heterocycles. The Hall–Kier alpha value is -3.13. The normalized spacial score (nSPS) is 17.0. The van der Waals surface area contributed by atoms with Crippen LogP contribution in [0.25, 0.3) is 0 Å². The van der Waals surface area contributed by atoms with Gasteiger partial charge in [0.1, 0.15) is 23.8 Å². The number of aliphatic hydroxyl groups excluding tert-OH is 1. The highest BCUT2D eigenvalue weighted by Crippen LogP contribution is 2.18. The van der Waals surface area contributed by atoms with Gasteiger partial charge in [-0.15, -0.1) is 0 Å². The number of rotatable bonds is 18. The summed E-state index contributed by atoms with van der Waals surface area (Å²) < 4.78 is 65.7. The standard InChI is InChI=1S/C33H47F2N3O7S/c1-4-7-28(8-5-2)46(42,43)21-30(38-33(41)45-27-11-12-44-20-27)32(40)37-29(16-24-14-25(34)17-26(35)15-24)31(39)19-36-18-23-10-6-9-22(3)13-23/h6,9-10,13-15,17,27-31,36,39H,4-5,7-8,11-12,16,18-21H2,1-3H3,(H,37,40)(H,38,41)/t27-,29+,30+,31-/m1/s1. The quantitative estimate of drug-likeness (QED) is 0.189. The average Bonchev–Trinajstić information content (AvgIpc) is 3.48. The second-order valence-corrected chi connectivity index (χ2v) is 14.2. The van der Waals surface area contributed by atoms with Crippen molar-refractivity contribution in [3.63, 3.8) is 0 Å². The van der Waals surface area contributed by atoms with Gasteiger partial charge in [0.05, 0.1) is 36.4 Å². The van der Waals surface area contributed by atoms with E-state index in [0.29, 0.717) is 51.3 Å². The van der Waals surface area contributed by atoms with Crippen molar-refractivity contribution in [1.82, 2.24) is 16.0 Å². The molecule has 46 heavy (non-hydrogen) atoms. The van der Waals surface area contributed by atoms with Gasteiger partial charge in [-0.25, -0.2) is 22.0 Å². The second-order valence-electron chi connectivity index (χ2n) is 11.9. The number of hydrogen-bond acceptors (Lipinski definition) is 8. The van der Waals surface area contributed by atoms with Gasteiger partial charge in [-0.05, 0) is 49.4 Å². The van der Waals surface area contributed by atoms with Gasteiger partial charge in [-0.2, -0.15) is 0 Å². The summed E-state index contributed by atoms with van der Waals surface area (Å²) in [4.78, 5) is 26.6. The molecule has 0 spiro atoms. The van der Waals surface area contributed by atoms with Crippen LogP contribution < -0.4 is 16.0 Å². The number of sulfone groups is 1. The van der Waals surface area contributed by atoms with Crippen LogP contribution in [0.3, 0.4) is 0 Å². The van der Waals surface area contributed by atoms with Gasteiger partial charge in [0.25, 0.3) is 0 Å². The number of halogens is 2. The third-order valence-corrected chi connectivity index (χ3v) is 10.1. The molecule has 0 saturated carbocycles. The molecule has 1 fully saturated rings. The summed E-state index contributed by atoms with van der Waals surface area (Å²) in [5.74, 6) is -3.22. The van der Waals surface area contributed by atoms with Crippen LogP contribution in [0.4, 0.5) is 13.6 Å². The summed E-state index contributed by atoms with van der Waals surface area (Å²) in [6.45, 7) is 6.69. The number of aliphatic hydroxyl groups is 1. The van der Waals surface area contributed by atoms with Gasteiger partial charge < -0.3 is 30.5 Å². The van der Waals surface area contributed by atoms with Crippen LogP contribution in [-0.4, -0.2) is 80.6 Å². The van der Waals surface area contributed by atoms with Gasteiger partial charge in [-0.3, -0.25) is 4.79 Å². The van der Waals surface area contributed by atoms with E-state index in [1.807, 2.05) is 45.0 Å². The van der Waals surface area contributed by atoms with Crippen LogP contribution >= 0.6 is 0 Å². The van der Waals surface area contributed by atoms with E-state index in [0.717, 1.165) is 23.3 Å². The molecule has 0 aromatic heterocycles.